The van der Waals surface area contributed by atoms with E-state index in [1.165, 1.54) is 11.9 Å². The number of rotatable bonds is 1. The quantitative estimate of drug-likeness (QED) is 0.623. The molecule has 14 heteroatoms. The molecule has 152 valence electrons. The first-order chi connectivity index (χ1) is 11.4. The molecule has 3 nitrogen and oxygen atoms in total. The van der Waals surface area contributed by atoms with E-state index in [2.05, 4.69) is 0 Å². The Morgan fingerprint density at radius 1 is 0.615 bits per heavy atom. The van der Waals surface area contributed by atoms with Gasteiger partial charge in [0.1, 0.15) is 0 Å². The maximum absolute atomic E-state index is 14.5. The molecule has 0 aromatic carbocycles. The van der Waals surface area contributed by atoms with E-state index in [-0.39, 0.29) is 18.0 Å². The van der Waals surface area contributed by atoms with Gasteiger partial charge in [-0.2, -0.15) is 43.9 Å². The highest BCUT2D eigenvalue weighted by atomic mass is 19.4. The molecule has 1 saturated carbocycles. The fourth-order valence-corrected chi connectivity index (χ4v) is 2.72. The number of nitrogens with zero attached hydrogens (tertiary/aromatic N) is 2. The van der Waals surface area contributed by atoms with E-state index < -0.39 is 54.3 Å². The van der Waals surface area contributed by atoms with Gasteiger partial charge in [0.15, 0.2) is 0 Å². The predicted molar refractivity (Wildman–Crippen MR) is 62.7 cm³/mol. The van der Waals surface area contributed by atoms with Crippen molar-refractivity contribution in [1.82, 2.24) is 9.80 Å². The highest BCUT2D eigenvalue weighted by molar-refractivity contribution is 5.89. The third kappa shape index (κ3) is 2.01. The number of alkyl halides is 11. The van der Waals surface area contributed by atoms with Crippen molar-refractivity contribution in [2.24, 2.45) is 0 Å². The Kier molecular flexibility index (Phi) is 4.31. The first-order valence-electron chi connectivity index (χ1n) is 6.97. The Morgan fingerprint density at radius 2 is 0.923 bits per heavy atom. The van der Waals surface area contributed by atoms with Gasteiger partial charge in [-0.05, 0) is 7.05 Å². The summed E-state index contributed by atoms with van der Waals surface area (Å²) in [5.74, 6) is -39.2. The van der Waals surface area contributed by atoms with Crippen molar-refractivity contribution in [3.8, 4) is 0 Å². The zero-order valence-electron chi connectivity index (χ0n) is 12.8. The van der Waals surface area contributed by atoms with Crippen molar-refractivity contribution >= 4 is 5.91 Å². The zero-order valence-corrected chi connectivity index (χ0v) is 12.8. The summed E-state index contributed by atoms with van der Waals surface area (Å²) < 4.78 is 149. The van der Waals surface area contributed by atoms with Gasteiger partial charge in [0.2, 0.25) is 0 Å². The van der Waals surface area contributed by atoms with E-state index in [4.69, 9.17) is 0 Å². The number of piperazine rings is 1. The van der Waals surface area contributed by atoms with E-state index in [1.54, 1.807) is 0 Å². The minimum atomic E-state index is -7.31. The molecule has 1 aliphatic heterocycles. The minimum absolute atomic E-state index is 0.0998. The normalized spacial score (nSPS) is 31.5. The summed E-state index contributed by atoms with van der Waals surface area (Å²) in [4.78, 5) is 13.2. The van der Waals surface area contributed by atoms with Crippen molar-refractivity contribution in [2.75, 3.05) is 33.2 Å². The monoisotopic (exact) mass is 408 g/mol. The first kappa shape index (κ1) is 21.0. The average molecular weight is 408 g/mol. The highest BCUT2D eigenvalue weighted by Crippen LogP contribution is 2.69. The third-order valence-electron chi connectivity index (χ3n) is 4.53. The summed E-state index contributed by atoms with van der Waals surface area (Å²) in [6.07, 6.45) is 0. The Hall–Kier alpha value is -1.34. The molecule has 1 amide bonds. The summed E-state index contributed by atoms with van der Waals surface area (Å²) in [7, 11) is 1.42. The largest absolute Gasteiger partial charge is 0.384 e. The van der Waals surface area contributed by atoms with Crippen LogP contribution in [0.2, 0.25) is 0 Å². The molecule has 26 heavy (non-hydrogen) atoms. The number of carbonyl (C=O) groups excluding carboxylic acids is 1. The topological polar surface area (TPSA) is 23.6 Å². The number of halogens is 11. The lowest BCUT2D eigenvalue weighted by atomic mass is 9.71. The van der Waals surface area contributed by atoms with Crippen LogP contribution in [0.15, 0.2) is 0 Å². The van der Waals surface area contributed by atoms with E-state index in [1.807, 2.05) is 0 Å². The number of likely N-dealkylation sites (N-methyl/N-ethyl adjacent to an activating group) is 1. The molecule has 2 aliphatic rings. The maximum atomic E-state index is 14.5. The van der Waals surface area contributed by atoms with Crippen LogP contribution in [0.1, 0.15) is 0 Å². The second-order valence-corrected chi connectivity index (χ2v) is 6.13. The van der Waals surface area contributed by atoms with Crippen LogP contribution < -0.4 is 0 Å². The molecule has 0 aromatic heterocycles. The average Bonchev–Trinajstić information content (AvgIpc) is 2.52. The van der Waals surface area contributed by atoms with Crippen molar-refractivity contribution in [1.29, 1.82) is 0 Å². The number of hydrogen-bond donors (Lipinski definition) is 0. The van der Waals surface area contributed by atoms with E-state index in [9.17, 15) is 53.1 Å². The van der Waals surface area contributed by atoms with Gasteiger partial charge < -0.3 is 9.80 Å². The predicted octanol–water partition coefficient (Wildman–Crippen LogP) is 2.66. The number of hydrogen-bond acceptors (Lipinski definition) is 2. The molecule has 0 radical (unpaired) electrons. The molecule has 2 fully saturated rings. The summed E-state index contributed by atoms with van der Waals surface area (Å²) in [6.45, 7) is -1.88. The molecule has 0 N–H and O–H groups in total. The fourth-order valence-electron chi connectivity index (χ4n) is 2.72. The molecule has 1 saturated heterocycles. The zero-order chi connectivity index (χ0) is 20.6. The van der Waals surface area contributed by atoms with Crippen LogP contribution in [0.25, 0.3) is 0 Å². The van der Waals surface area contributed by atoms with Crippen LogP contribution in [0.3, 0.4) is 0 Å². The van der Waals surface area contributed by atoms with Gasteiger partial charge in [0.25, 0.3) is 5.91 Å². The van der Waals surface area contributed by atoms with Crippen molar-refractivity contribution in [2.45, 2.75) is 35.3 Å². The lowest BCUT2D eigenvalue weighted by Crippen LogP contribution is -2.86. The molecule has 0 unspecified atom stereocenters. The summed E-state index contributed by atoms with van der Waals surface area (Å²) in [5.41, 5.74) is -6.58. The van der Waals surface area contributed by atoms with Crippen molar-refractivity contribution in [3.05, 3.63) is 0 Å². The molecule has 1 heterocycles. The molecular weight excluding hydrogens is 397 g/mol. The smallest absolute Gasteiger partial charge is 0.337 e. The maximum Gasteiger partial charge on any atom is 0.384 e. The van der Waals surface area contributed by atoms with Gasteiger partial charge in [-0.3, -0.25) is 4.79 Å². The van der Waals surface area contributed by atoms with Gasteiger partial charge in [0.05, 0.1) is 0 Å². The summed E-state index contributed by atoms with van der Waals surface area (Å²) in [5, 5.41) is 0. The molecule has 0 bridgehead atoms. The van der Waals surface area contributed by atoms with Crippen LogP contribution in [0, 0.1) is 0 Å². The van der Waals surface area contributed by atoms with Gasteiger partial charge >= 0.3 is 35.3 Å². The Labute approximate surface area is 138 Å². The molecular formula is C12H11F11N2O. The van der Waals surface area contributed by atoms with E-state index in [0.29, 0.717) is 0 Å². The van der Waals surface area contributed by atoms with E-state index >= 15 is 0 Å². The molecule has 1 aliphatic carbocycles. The van der Waals surface area contributed by atoms with Crippen LogP contribution in [-0.2, 0) is 4.79 Å². The lowest BCUT2D eigenvalue weighted by Gasteiger charge is -2.52. The van der Waals surface area contributed by atoms with Crippen molar-refractivity contribution < 1.29 is 53.1 Å². The molecule has 0 aromatic rings. The second-order valence-electron chi connectivity index (χ2n) is 6.13. The van der Waals surface area contributed by atoms with Gasteiger partial charge in [-0.1, -0.05) is 0 Å². The molecule has 0 spiro atoms. The SMILES string of the molecule is CN1CCN(C(=O)C2(F)C(F)(F)C(F)(F)C(F)(F)C(F)(F)C2(F)F)CC1. The standard InChI is InChI=1S/C12H11F11N2O/c1-24-2-4-25(5-3-24)6(26)7(13)8(14,15)10(18,19)12(22,23)11(20,21)9(7,16)17/h2-5H2,1H3. The Bertz CT molecular complexity index is 568. The van der Waals surface area contributed by atoms with Crippen LogP contribution in [-0.4, -0.2) is 84.2 Å². The number of carbonyl (C=O) groups is 1. The van der Waals surface area contributed by atoms with E-state index in [0.717, 1.165) is 0 Å². The Morgan fingerprint density at radius 3 is 1.27 bits per heavy atom. The summed E-state index contributed by atoms with van der Waals surface area (Å²) in [6, 6.07) is 0. The summed E-state index contributed by atoms with van der Waals surface area (Å²) >= 11 is 0. The van der Waals surface area contributed by atoms with Crippen LogP contribution in [0.5, 0.6) is 0 Å². The second kappa shape index (κ2) is 5.35. The van der Waals surface area contributed by atoms with Crippen LogP contribution >= 0.6 is 0 Å². The van der Waals surface area contributed by atoms with Gasteiger partial charge in [0, 0.05) is 26.2 Å². The highest BCUT2D eigenvalue weighted by Gasteiger charge is 3.03. The Balaban J connectivity index is 2.66. The molecule has 0 atom stereocenters. The van der Waals surface area contributed by atoms with Gasteiger partial charge in [-0.15, -0.1) is 0 Å². The van der Waals surface area contributed by atoms with Gasteiger partial charge in [-0.25, -0.2) is 4.39 Å². The lowest BCUT2D eigenvalue weighted by molar-refractivity contribution is -0.477. The van der Waals surface area contributed by atoms with Crippen molar-refractivity contribution in [3.63, 3.8) is 0 Å². The number of amides is 1. The third-order valence-corrected chi connectivity index (χ3v) is 4.53. The molecule has 2 rings (SSSR count). The minimum Gasteiger partial charge on any atom is -0.337 e. The first-order valence-corrected chi connectivity index (χ1v) is 6.97. The fraction of sp³-hybridized carbons (Fsp3) is 0.917. The van der Waals surface area contributed by atoms with Crippen LogP contribution in [0.4, 0.5) is 48.3 Å².